The van der Waals surface area contributed by atoms with Gasteiger partial charge >= 0.3 is 6.09 Å². The summed E-state index contributed by atoms with van der Waals surface area (Å²) in [5, 5.41) is 1.95. The minimum absolute atomic E-state index is 0.0963. The van der Waals surface area contributed by atoms with Crippen molar-refractivity contribution in [2.75, 3.05) is 26.2 Å². The fourth-order valence-electron chi connectivity index (χ4n) is 2.38. The van der Waals surface area contributed by atoms with Gasteiger partial charge < -0.3 is 9.64 Å². The molecule has 2 fully saturated rings. The number of cyclic esters (lactones) is 1. The highest BCUT2D eigenvalue weighted by Gasteiger charge is 2.38. The Morgan fingerprint density at radius 1 is 1.40 bits per heavy atom. The molecule has 3 amide bonds. The Labute approximate surface area is 119 Å². The van der Waals surface area contributed by atoms with Gasteiger partial charge in [0.1, 0.15) is 0 Å². The maximum atomic E-state index is 12.0. The van der Waals surface area contributed by atoms with Gasteiger partial charge in [-0.15, -0.1) is 11.3 Å². The normalized spacial score (nSPS) is 19.2. The Morgan fingerprint density at radius 3 is 2.80 bits per heavy atom. The largest absolute Gasteiger partial charge is 0.439 e. The highest BCUT2D eigenvalue weighted by molar-refractivity contribution is 7.10. The maximum absolute atomic E-state index is 12.0. The third-order valence-corrected chi connectivity index (χ3v) is 4.37. The van der Waals surface area contributed by atoms with Crippen LogP contribution in [0.4, 0.5) is 4.79 Å². The van der Waals surface area contributed by atoms with Crippen molar-refractivity contribution in [2.24, 2.45) is 5.92 Å². The van der Waals surface area contributed by atoms with Crippen LogP contribution >= 0.6 is 11.3 Å². The summed E-state index contributed by atoms with van der Waals surface area (Å²) in [6.45, 7) is 1.38. The van der Waals surface area contributed by atoms with Crippen LogP contribution in [0.5, 0.6) is 0 Å². The van der Waals surface area contributed by atoms with Crippen molar-refractivity contribution in [3.8, 4) is 0 Å². The van der Waals surface area contributed by atoms with Crippen molar-refractivity contribution in [3.63, 3.8) is 0 Å². The van der Waals surface area contributed by atoms with E-state index in [1.807, 2.05) is 17.5 Å². The van der Waals surface area contributed by atoms with Crippen molar-refractivity contribution >= 4 is 29.2 Å². The number of rotatable bonds is 4. The van der Waals surface area contributed by atoms with Gasteiger partial charge in [-0.3, -0.25) is 9.59 Å². The molecule has 0 spiro atoms. The lowest BCUT2D eigenvalue weighted by molar-refractivity contribution is -0.137. The second-order valence-electron chi connectivity index (χ2n) is 4.98. The summed E-state index contributed by atoms with van der Waals surface area (Å²) in [7, 11) is 0. The predicted molar refractivity (Wildman–Crippen MR) is 71.2 cm³/mol. The van der Waals surface area contributed by atoms with E-state index in [9.17, 15) is 14.4 Å². The molecule has 6 nitrogen and oxygen atoms in total. The standard InChI is InChI=1S/C13H14N2O4S/c16-11(4-10-2-1-3-20-10)14-5-9(6-14)7-15-12(17)8-19-13(15)18/h1-3,9H,4-8H2. The lowest BCUT2D eigenvalue weighted by Crippen LogP contribution is -2.54. The molecular weight excluding hydrogens is 280 g/mol. The van der Waals surface area contributed by atoms with Crippen LogP contribution < -0.4 is 0 Å². The van der Waals surface area contributed by atoms with Crippen LogP contribution in [-0.2, 0) is 20.7 Å². The maximum Gasteiger partial charge on any atom is 0.417 e. The topological polar surface area (TPSA) is 66.9 Å². The van der Waals surface area contributed by atoms with Crippen LogP contribution in [0.25, 0.3) is 0 Å². The minimum Gasteiger partial charge on any atom is -0.439 e. The highest BCUT2D eigenvalue weighted by Crippen LogP contribution is 2.21. The fraction of sp³-hybridized carbons (Fsp3) is 0.462. The number of thiophene rings is 1. The number of likely N-dealkylation sites (tertiary alicyclic amines) is 1. The minimum atomic E-state index is -0.571. The van der Waals surface area contributed by atoms with E-state index in [-0.39, 0.29) is 24.3 Å². The second-order valence-corrected chi connectivity index (χ2v) is 6.01. The summed E-state index contributed by atoms with van der Waals surface area (Å²) in [5.41, 5.74) is 0. The summed E-state index contributed by atoms with van der Waals surface area (Å²) >= 11 is 1.57. The van der Waals surface area contributed by atoms with E-state index in [1.165, 1.54) is 0 Å². The number of hydrogen-bond acceptors (Lipinski definition) is 5. The molecule has 0 atom stereocenters. The Balaban J connectivity index is 1.45. The summed E-state index contributed by atoms with van der Waals surface area (Å²) in [5.74, 6) is -0.0331. The zero-order chi connectivity index (χ0) is 14.1. The van der Waals surface area contributed by atoms with E-state index >= 15 is 0 Å². The third-order valence-electron chi connectivity index (χ3n) is 3.50. The van der Waals surface area contributed by atoms with E-state index in [4.69, 9.17) is 0 Å². The second kappa shape index (κ2) is 5.24. The number of carbonyl (C=O) groups is 3. The van der Waals surface area contributed by atoms with Gasteiger partial charge in [0, 0.05) is 30.4 Å². The molecule has 2 aliphatic rings. The zero-order valence-electron chi connectivity index (χ0n) is 10.8. The lowest BCUT2D eigenvalue weighted by Gasteiger charge is -2.40. The highest BCUT2D eigenvalue weighted by atomic mass is 32.1. The molecule has 7 heteroatoms. The lowest BCUT2D eigenvalue weighted by atomic mass is 9.99. The van der Waals surface area contributed by atoms with Gasteiger partial charge in [-0.2, -0.15) is 0 Å². The molecule has 0 radical (unpaired) electrons. The average Bonchev–Trinajstić information content (AvgIpc) is 2.96. The van der Waals surface area contributed by atoms with Crippen molar-refractivity contribution < 1.29 is 19.1 Å². The number of nitrogens with zero attached hydrogens (tertiary/aromatic N) is 2. The Kier molecular flexibility index (Phi) is 3.43. The number of carbonyl (C=O) groups excluding carboxylic acids is 3. The monoisotopic (exact) mass is 294 g/mol. The summed E-state index contributed by atoms with van der Waals surface area (Å²) in [4.78, 5) is 38.6. The van der Waals surface area contributed by atoms with E-state index < -0.39 is 6.09 Å². The molecule has 1 aromatic heterocycles. The van der Waals surface area contributed by atoms with Gasteiger partial charge in [0.2, 0.25) is 5.91 Å². The van der Waals surface area contributed by atoms with E-state index in [0.717, 1.165) is 9.78 Å². The Morgan fingerprint density at radius 2 is 2.20 bits per heavy atom. The van der Waals surface area contributed by atoms with Crippen LogP contribution in [0.1, 0.15) is 4.88 Å². The van der Waals surface area contributed by atoms with Crippen LogP contribution in [0.2, 0.25) is 0 Å². The zero-order valence-corrected chi connectivity index (χ0v) is 11.6. The summed E-state index contributed by atoms with van der Waals surface area (Å²) < 4.78 is 4.65. The van der Waals surface area contributed by atoms with Crippen molar-refractivity contribution in [3.05, 3.63) is 22.4 Å². The molecule has 2 aliphatic heterocycles. The molecule has 0 aliphatic carbocycles. The van der Waals surface area contributed by atoms with Crippen LogP contribution in [0.15, 0.2) is 17.5 Å². The first-order chi connectivity index (χ1) is 9.63. The quantitative estimate of drug-likeness (QED) is 0.821. The molecule has 0 N–H and O–H groups in total. The van der Waals surface area contributed by atoms with Gasteiger partial charge in [0.25, 0.3) is 5.91 Å². The van der Waals surface area contributed by atoms with Gasteiger partial charge in [0.15, 0.2) is 6.61 Å². The molecule has 106 valence electrons. The smallest absolute Gasteiger partial charge is 0.417 e. The predicted octanol–water partition coefficient (Wildman–Crippen LogP) is 0.728. The number of ether oxygens (including phenoxy) is 1. The Hall–Kier alpha value is -1.89. The Bertz CT molecular complexity index is 521. The number of hydrogen-bond donors (Lipinski definition) is 0. The molecule has 0 aromatic carbocycles. The number of amides is 3. The first kappa shape index (κ1) is 13.1. The van der Waals surface area contributed by atoms with Crippen LogP contribution in [0, 0.1) is 5.92 Å². The first-order valence-electron chi connectivity index (χ1n) is 6.41. The summed E-state index contributed by atoms with van der Waals surface area (Å²) in [6.07, 6.45) is -0.145. The van der Waals surface area contributed by atoms with E-state index in [1.54, 1.807) is 16.2 Å². The summed E-state index contributed by atoms with van der Waals surface area (Å²) in [6, 6.07) is 3.87. The van der Waals surface area contributed by atoms with Gasteiger partial charge in [-0.05, 0) is 11.4 Å². The molecule has 3 rings (SSSR count). The number of imide groups is 1. The molecular formula is C13H14N2O4S. The molecule has 0 saturated carbocycles. The fourth-order valence-corrected chi connectivity index (χ4v) is 3.07. The molecule has 0 bridgehead atoms. The van der Waals surface area contributed by atoms with Gasteiger partial charge in [0.05, 0.1) is 6.42 Å². The van der Waals surface area contributed by atoms with Crippen molar-refractivity contribution in [1.29, 1.82) is 0 Å². The molecule has 0 unspecified atom stereocenters. The van der Waals surface area contributed by atoms with E-state index in [0.29, 0.717) is 26.1 Å². The third kappa shape index (κ3) is 2.53. The molecule has 3 heterocycles. The SMILES string of the molecule is O=C(Cc1cccs1)N1CC(CN2C(=O)COC2=O)C1. The van der Waals surface area contributed by atoms with Crippen LogP contribution in [0.3, 0.4) is 0 Å². The molecule has 2 saturated heterocycles. The van der Waals surface area contributed by atoms with Gasteiger partial charge in [-0.25, -0.2) is 9.69 Å². The van der Waals surface area contributed by atoms with Crippen molar-refractivity contribution in [2.45, 2.75) is 6.42 Å². The van der Waals surface area contributed by atoms with Crippen molar-refractivity contribution in [1.82, 2.24) is 9.80 Å². The molecule has 20 heavy (non-hydrogen) atoms. The van der Waals surface area contributed by atoms with E-state index in [2.05, 4.69) is 4.74 Å². The van der Waals surface area contributed by atoms with Crippen LogP contribution in [-0.4, -0.2) is 53.9 Å². The average molecular weight is 294 g/mol. The first-order valence-corrected chi connectivity index (χ1v) is 7.28. The molecule has 1 aromatic rings. The van der Waals surface area contributed by atoms with Gasteiger partial charge in [-0.1, -0.05) is 6.07 Å².